The molecule has 1 amide bonds. The standard InChI is InChI=1S/C47H76N2O12/c50-43(42-27-34(13-23-41(42)45(53)54)47(56)60-29-32-10-5-2-6-11-32)48-36-14-18-38(19-15-36)57-24-7-25-58-39-20-16-37(17-21-39)49-61-30-35-26-33(12-22-40(35)44(51)52)46(55)59-28-31-8-3-1-4-9-31/h31-42,49H,1-30H2,(H,48,50)(H,51,52)(H,53,54). The van der Waals surface area contributed by atoms with Gasteiger partial charge in [0.1, 0.15) is 0 Å². The smallest absolute Gasteiger partial charge is 0.308 e. The lowest BCUT2D eigenvalue weighted by Crippen LogP contribution is -2.47. The van der Waals surface area contributed by atoms with Gasteiger partial charge in [-0.05, 0) is 140 Å². The maximum Gasteiger partial charge on any atom is 0.308 e. The first-order valence-electron chi connectivity index (χ1n) is 24.3. The number of carbonyl (C=O) groups excluding carboxylic acids is 3. The highest BCUT2D eigenvalue weighted by Crippen LogP contribution is 2.38. The molecule has 6 aliphatic rings. The van der Waals surface area contributed by atoms with Crippen LogP contribution in [-0.4, -0.2) is 97.3 Å². The minimum atomic E-state index is -0.978. The molecule has 346 valence electrons. The van der Waals surface area contributed by atoms with Crippen LogP contribution in [0.25, 0.3) is 0 Å². The van der Waals surface area contributed by atoms with Gasteiger partial charge in [-0.15, -0.1) is 0 Å². The quantitative estimate of drug-likeness (QED) is 0.0548. The van der Waals surface area contributed by atoms with E-state index in [4.69, 9.17) is 23.8 Å². The topological polar surface area (TPSA) is 196 Å². The lowest BCUT2D eigenvalue weighted by molar-refractivity contribution is -0.158. The molecule has 0 aliphatic heterocycles. The molecular weight excluding hydrogens is 785 g/mol. The van der Waals surface area contributed by atoms with Gasteiger partial charge in [-0.3, -0.25) is 24.0 Å². The molecule has 6 fully saturated rings. The fraction of sp³-hybridized carbons (Fsp3) is 0.894. The Bertz CT molecular complexity index is 1390. The molecule has 6 rings (SSSR count). The summed E-state index contributed by atoms with van der Waals surface area (Å²) in [6, 6.07) is 0.134. The third-order valence-corrected chi connectivity index (χ3v) is 15.1. The molecule has 0 spiro atoms. The van der Waals surface area contributed by atoms with Crippen molar-refractivity contribution in [1.29, 1.82) is 0 Å². The van der Waals surface area contributed by atoms with Crippen molar-refractivity contribution in [2.75, 3.05) is 33.0 Å². The van der Waals surface area contributed by atoms with E-state index in [1.54, 1.807) is 0 Å². The fourth-order valence-electron chi connectivity index (χ4n) is 11.2. The number of hydroxylamine groups is 1. The number of carboxylic acid groups (broad SMARTS) is 2. The Kier molecular flexibility index (Phi) is 19.4. The van der Waals surface area contributed by atoms with Crippen molar-refractivity contribution in [2.45, 2.75) is 185 Å². The average Bonchev–Trinajstić information content (AvgIpc) is 3.28. The zero-order valence-corrected chi connectivity index (χ0v) is 36.6. The Morgan fingerprint density at radius 2 is 0.984 bits per heavy atom. The summed E-state index contributed by atoms with van der Waals surface area (Å²) in [6.45, 7) is 2.38. The Balaban J connectivity index is 0.796. The first-order chi connectivity index (χ1) is 29.6. The lowest BCUT2D eigenvalue weighted by atomic mass is 9.73. The highest BCUT2D eigenvalue weighted by Gasteiger charge is 2.43. The summed E-state index contributed by atoms with van der Waals surface area (Å²) in [5, 5.41) is 22.9. The van der Waals surface area contributed by atoms with Crippen LogP contribution in [0.5, 0.6) is 0 Å². The van der Waals surface area contributed by atoms with Gasteiger partial charge in [0.25, 0.3) is 0 Å². The van der Waals surface area contributed by atoms with E-state index in [-0.39, 0.29) is 67.0 Å². The second-order valence-corrected chi connectivity index (χ2v) is 19.5. The monoisotopic (exact) mass is 861 g/mol. The summed E-state index contributed by atoms with van der Waals surface area (Å²) in [5.41, 5.74) is 3.18. The second kappa shape index (κ2) is 24.9. The molecule has 0 heterocycles. The van der Waals surface area contributed by atoms with Gasteiger partial charge < -0.3 is 39.3 Å². The summed E-state index contributed by atoms with van der Waals surface area (Å²) < 4.78 is 23.7. The maximum absolute atomic E-state index is 13.4. The first kappa shape index (κ1) is 47.7. The van der Waals surface area contributed by atoms with Gasteiger partial charge in [0.05, 0.1) is 61.6 Å². The Morgan fingerprint density at radius 3 is 1.51 bits per heavy atom. The Labute approximate surface area is 363 Å². The number of carboxylic acids is 2. The summed E-state index contributed by atoms with van der Waals surface area (Å²) in [7, 11) is 0. The molecule has 0 radical (unpaired) electrons. The molecular formula is C47H76N2O12. The Hall–Kier alpha value is -2.81. The molecule has 0 aromatic rings. The number of hydrogen-bond acceptors (Lipinski definition) is 11. The second-order valence-electron chi connectivity index (χ2n) is 19.5. The minimum Gasteiger partial charge on any atom is -0.481 e. The molecule has 0 bridgehead atoms. The first-order valence-corrected chi connectivity index (χ1v) is 24.3. The number of amides is 1. The van der Waals surface area contributed by atoms with Crippen LogP contribution < -0.4 is 10.8 Å². The summed E-state index contributed by atoms with van der Waals surface area (Å²) in [4.78, 5) is 69.3. The van der Waals surface area contributed by atoms with E-state index in [0.717, 1.165) is 83.5 Å². The number of rotatable bonds is 20. The van der Waals surface area contributed by atoms with Crippen molar-refractivity contribution >= 4 is 29.8 Å². The number of esters is 2. The number of hydrogen-bond donors (Lipinski definition) is 4. The van der Waals surface area contributed by atoms with E-state index in [1.807, 2.05) is 0 Å². The van der Waals surface area contributed by atoms with E-state index in [1.165, 1.54) is 38.5 Å². The van der Waals surface area contributed by atoms with Crippen LogP contribution in [0.4, 0.5) is 0 Å². The van der Waals surface area contributed by atoms with Crippen LogP contribution >= 0.6 is 0 Å². The number of aliphatic carboxylic acids is 2. The zero-order chi connectivity index (χ0) is 43.0. The normalized spacial score (nSPS) is 33.0. The Morgan fingerprint density at radius 1 is 0.492 bits per heavy atom. The SMILES string of the molecule is O=C(OCC1CCCCC1)C1CCC(C(=O)O)C(CONC2CCC(OCCCOC3CCC(NC(=O)C4CC(C(=O)OCC5CCCCC5)CCC4C(=O)O)CC3)CC2)C1. The van der Waals surface area contributed by atoms with Crippen molar-refractivity contribution in [3.63, 3.8) is 0 Å². The lowest BCUT2D eigenvalue weighted by Gasteiger charge is -2.35. The van der Waals surface area contributed by atoms with E-state index < -0.39 is 35.6 Å². The molecule has 0 aromatic heterocycles. The van der Waals surface area contributed by atoms with Gasteiger partial charge in [0.2, 0.25) is 5.91 Å². The molecule has 6 saturated carbocycles. The van der Waals surface area contributed by atoms with Crippen molar-refractivity contribution < 1.29 is 58.0 Å². The van der Waals surface area contributed by atoms with Gasteiger partial charge in [0, 0.05) is 25.3 Å². The van der Waals surface area contributed by atoms with Crippen molar-refractivity contribution in [1.82, 2.24) is 10.8 Å². The van der Waals surface area contributed by atoms with Gasteiger partial charge in [-0.1, -0.05) is 38.5 Å². The number of carbonyl (C=O) groups is 5. The summed E-state index contributed by atoms with van der Waals surface area (Å²) in [5.74, 6) is -4.68. The van der Waals surface area contributed by atoms with Gasteiger partial charge in [-0.25, -0.2) is 0 Å². The molecule has 0 saturated heterocycles. The molecule has 6 unspecified atom stereocenters. The molecule has 0 aromatic carbocycles. The predicted molar refractivity (Wildman–Crippen MR) is 225 cm³/mol. The van der Waals surface area contributed by atoms with E-state index in [2.05, 4.69) is 10.8 Å². The molecule has 14 heteroatoms. The van der Waals surface area contributed by atoms with Crippen LogP contribution in [0.1, 0.15) is 161 Å². The predicted octanol–water partition coefficient (Wildman–Crippen LogP) is 7.15. The van der Waals surface area contributed by atoms with E-state index in [0.29, 0.717) is 70.4 Å². The van der Waals surface area contributed by atoms with E-state index >= 15 is 0 Å². The number of ether oxygens (including phenoxy) is 4. The number of nitrogens with one attached hydrogen (secondary N) is 2. The third kappa shape index (κ3) is 15.2. The zero-order valence-electron chi connectivity index (χ0n) is 36.6. The third-order valence-electron chi connectivity index (χ3n) is 15.1. The van der Waals surface area contributed by atoms with Gasteiger partial charge >= 0.3 is 23.9 Å². The average molecular weight is 861 g/mol. The molecule has 4 N–H and O–H groups in total. The molecule has 6 atom stereocenters. The highest BCUT2D eigenvalue weighted by molar-refractivity contribution is 5.86. The van der Waals surface area contributed by atoms with Crippen LogP contribution in [0.2, 0.25) is 0 Å². The highest BCUT2D eigenvalue weighted by atomic mass is 16.6. The van der Waals surface area contributed by atoms with Crippen LogP contribution in [-0.2, 0) is 47.8 Å². The van der Waals surface area contributed by atoms with Crippen molar-refractivity contribution in [3.8, 4) is 0 Å². The van der Waals surface area contributed by atoms with Gasteiger partial charge in [0.15, 0.2) is 0 Å². The summed E-state index contributed by atoms with van der Waals surface area (Å²) in [6.07, 6.45) is 21.9. The largest absolute Gasteiger partial charge is 0.481 e. The fourth-order valence-corrected chi connectivity index (χ4v) is 11.2. The maximum atomic E-state index is 13.4. The van der Waals surface area contributed by atoms with Crippen molar-refractivity contribution in [2.24, 2.45) is 47.3 Å². The van der Waals surface area contributed by atoms with Crippen LogP contribution in [0.15, 0.2) is 0 Å². The van der Waals surface area contributed by atoms with Gasteiger partial charge in [-0.2, -0.15) is 5.48 Å². The molecule has 6 aliphatic carbocycles. The molecule has 14 nitrogen and oxygen atoms in total. The molecule has 61 heavy (non-hydrogen) atoms. The minimum absolute atomic E-state index is 0.0359. The van der Waals surface area contributed by atoms with Crippen molar-refractivity contribution in [3.05, 3.63) is 0 Å². The van der Waals surface area contributed by atoms with Crippen LogP contribution in [0, 0.1) is 47.3 Å². The summed E-state index contributed by atoms with van der Waals surface area (Å²) >= 11 is 0. The van der Waals surface area contributed by atoms with E-state index in [9.17, 15) is 34.2 Å². The van der Waals surface area contributed by atoms with Crippen LogP contribution in [0.3, 0.4) is 0 Å².